The number of allylic oxidation sites excluding steroid dienone is 2. The second-order valence-electron chi connectivity index (χ2n) is 26.4. The van der Waals surface area contributed by atoms with Gasteiger partial charge in [-0.25, -0.2) is 0 Å². The molecule has 1 aliphatic heterocycles. The molecule has 0 bridgehead atoms. The lowest BCUT2D eigenvalue weighted by molar-refractivity contribution is -0.157. The van der Waals surface area contributed by atoms with Crippen LogP contribution in [0.1, 0.15) is 156 Å². The predicted molar refractivity (Wildman–Crippen MR) is 347 cm³/mol. The van der Waals surface area contributed by atoms with Gasteiger partial charge in [0.25, 0.3) is 0 Å². The van der Waals surface area contributed by atoms with Crippen molar-refractivity contribution in [2.24, 2.45) is 35.5 Å². The fraction of sp³-hybridized carbons (Fsp3) is 0.797. The monoisotopic (exact) mass is 1280 g/mol. The SMILES string of the molecule is C/C=C/C[C@@H](C)[C@@H](O)[C@H]1C(=O)N[C@@H](CC)C(=O)N(C)CC(=O)N(C)[C@@H]([C@@H](C)OCCCCS)C(=O)N[C@@H](C(C)C)C(=O)N(C)[C@H](CC(C)C)C(=O)N[C@@H](C)C(=O)N[C@@H](C)C(=O)N(C)[C@@H](CC(C)C)C(=O)N(C)[C@H](CC(C)C)C(=O)N(C)[C@@H](C(C)C)C(=O)N1C. The van der Waals surface area contributed by atoms with Crippen LogP contribution in [0, 0.1) is 35.5 Å². The maximum atomic E-state index is 15.2. The van der Waals surface area contributed by atoms with Crippen molar-refractivity contribution in [3.8, 4) is 0 Å². The molecule has 11 amide bonds. The molecular formula is C64H115N11O13S. The van der Waals surface area contributed by atoms with Gasteiger partial charge in [-0.05, 0) is 114 Å². The molecule has 0 spiro atoms. The first kappa shape index (κ1) is 81.2. The summed E-state index contributed by atoms with van der Waals surface area (Å²) in [6.07, 6.45) is 3.09. The first-order chi connectivity index (χ1) is 41.3. The van der Waals surface area contributed by atoms with E-state index in [1.165, 1.54) is 82.8 Å². The molecular weight excluding hydrogens is 1160 g/mol. The largest absolute Gasteiger partial charge is 0.390 e. The van der Waals surface area contributed by atoms with Crippen LogP contribution in [0.25, 0.3) is 0 Å². The molecule has 0 saturated carbocycles. The topological polar surface area (TPSA) is 288 Å². The van der Waals surface area contributed by atoms with Crippen LogP contribution in [0.15, 0.2) is 12.2 Å². The van der Waals surface area contributed by atoms with Gasteiger partial charge in [0, 0.05) is 55.9 Å². The van der Waals surface area contributed by atoms with Crippen LogP contribution in [-0.4, -0.2) is 245 Å². The summed E-state index contributed by atoms with van der Waals surface area (Å²) >= 11 is 4.30. The van der Waals surface area contributed by atoms with Gasteiger partial charge >= 0.3 is 0 Å². The van der Waals surface area contributed by atoms with E-state index in [-0.39, 0.29) is 50.0 Å². The van der Waals surface area contributed by atoms with Gasteiger partial charge in [-0.2, -0.15) is 12.6 Å². The predicted octanol–water partition coefficient (Wildman–Crippen LogP) is 3.34. The van der Waals surface area contributed by atoms with Crippen molar-refractivity contribution < 1.29 is 62.6 Å². The van der Waals surface area contributed by atoms with Gasteiger partial charge in [-0.1, -0.05) is 95.2 Å². The Bertz CT molecular complexity index is 2410. The summed E-state index contributed by atoms with van der Waals surface area (Å²) in [6, 6.07) is -12.8. The summed E-state index contributed by atoms with van der Waals surface area (Å²) in [7, 11) is 9.81. The van der Waals surface area contributed by atoms with Crippen molar-refractivity contribution in [3.63, 3.8) is 0 Å². The van der Waals surface area contributed by atoms with Crippen LogP contribution in [0.2, 0.25) is 0 Å². The minimum absolute atomic E-state index is 0.00113. The second kappa shape index (κ2) is 38.1. The molecule has 0 aromatic heterocycles. The van der Waals surface area contributed by atoms with Gasteiger partial charge in [0.2, 0.25) is 65.0 Å². The minimum Gasteiger partial charge on any atom is -0.390 e. The number of ether oxygens (including phenoxy) is 1. The van der Waals surface area contributed by atoms with Crippen LogP contribution in [-0.2, 0) is 57.5 Å². The van der Waals surface area contributed by atoms with Gasteiger partial charge < -0.3 is 65.4 Å². The molecule has 0 aromatic carbocycles. The Kier molecular flexibility index (Phi) is 34.8. The number of nitrogens with zero attached hydrogens (tertiary/aromatic N) is 7. The van der Waals surface area contributed by atoms with Crippen LogP contribution < -0.4 is 21.3 Å². The van der Waals surface area contributed by atoms with Crippen molar-refractivity contribution in [2.75, 3.05) is 68.2 Å². The fourth-order valence-electron chi connectivity index (χ4n) is 11.0. The van der Waals surface area contributed by atoms with Crippen LogP contribution >= 0.6 is 12.6 Å². The summed E-state index contributed by atoms with van der Waals surface area (Å²) < 4.78 is 6.14. The van der Waals surface area contributed by atoms with Gasteiger partial charge in [0.15, 0.2) is 0 Å². The third-order valence-corrected chi connectivity index (χ3v) is 17.0. The summed E-state index contributed by atoms with van der Waals surface area (Å²) in [5.41, 5.74) is 0. The van der Waals surface area contributed by atoms with E-state index < -0.39 is 162 Å². The molecule has 0 unspecified atom stereocenters. The Hall–Kier alpha value is -5.82. The fourth-order valence-corrected chi connectivity index (χ4v) is 11.3. The minimum atomic E-state index is -1.63. The number of hydrogen-bond donors (Lipinski definition) is 6. The number of carbonyl (C=O) groups excluding carboxylic acids is 11. The highest BCUT2D eigenvalue weighted by Crippen LogP contribution is 2.26. The quantitative estimate of drug-likeness (QED) is 0.0616. The number of carbonyl (C=O) groups is 11. The molecule has 13 atom stereocenters. The van der Waals surface area contributed by atoms with E-state index in [0.717, 1.165) is 14.7 Å². The van der Waals surface area contributed by atoms with E-state index in [4.69, 9.17) is 4.74 Å². The average molecular weight is 1280 g/mol. The second-order valence-corrected chi connectivity index (χ2v) is 26.8. The highest BCUT2D eigenvalue weighted by molar-refractivity contribution is 7.80. The lowest BCUT2D eigenvalue weighted by Gasteiger charge is -2.41. The lowest BCUT2D eigenvalue weighted by Crippen LogP contribution is -2.63. The molecule has 0 aromatic rings. The molecule has 1 rings (SSSR count). The van der Waals surface area contributed by atoms with E-state index in [1.54, 1.807) is 67.5 Å². The van der Waals surface area contributed by atoms with Gasteiger partial charge in [0.05, 0.1) is 18.8 Å². The molecule has 1 saturated heterocycles. The molecule has 510 valence electrons. The maximum absolute atomic E-state index is 15.2. The lowest BCUT2D eigenvalue weighted by atomic mass is 9.91. The van der Waals surface area contributed by atoms with E-state index in [0.29, 0.717) is 25.0 Å². The third-order valence-electron chi connectivity index (χ3n) is 16.7. The molecule has 25 heteroatoms. The van der Waals surface area contributed by atoms with E-state index in [1.807, 2.05) is 41.5 Å². The number of aliphatic hydroxyl groups is 1. The number of thiol groups is 1. The normalized spacial score (nSPS) is 26.5. The molecule has 1 aliphatic rings. The van der Waals surface area contributed by atoms with Crippen molar-refractivity contribution >= 4 is 77.6 Å². The number of unbranched alkanes of at least 4 members (excludes halogenated alkanes) is 1. The number of amides is 11. The van der Waals surface area contributed by atoms with Crippen LogP contribution in [0.4, 0.5) is 0 Å². The molecule has 24 nitrogen and oxygen atoms in total. The number of aliphatic hydroxyl groups excluding tert-OH is 1. The number of rotatable bonds is 19. The maximum Gasteiger partial charge on any atom is 0.246 e. The first-order valence-electron chi connectivity index (χ1n) is 31.8. The Balaban J connectivity index is 4.38. The third kappa shape index (κ3) is 23.4. The van der Waals surface area contributed by atoms with E-state index >= 15 is 9.59 Å². The van der Waals surface area contributed by atoms with Crippen molar-refractivity contribution in [2.45, 2.75) is 228 Å². The van der Waals surface area contributed by atoms with Crippen molar-refractivity contribution in [1.29, 1.82) is 0 Å². The molecule has 0 aliphatic carbocycles. The van der Waals surface area contributed by atoms with Gasteiger partial charge in [-0.3, -0.25) is 52.7 Å². The summed E-state index contributed by atoms with van der Waals surface area (Å²) in [4.78, 5) is 170. The van der Waals surface area contributed by atoms with Gasteiger partial charge in [-0.15, -0.1) is 0 Å². The molecule has 1 fully saturated rings. The van der Waals surface area contributed by atoms with Gasteiger partial charge in [0.1, 0.15) is 60.4 Å². The molecule has 89 heavy (non-hydrogen) atoms. The van der Waals surface area contributed by atoms with Crippen LogP contribution in [0.5, 0.6) is 0 Å². The molecule has 5 N–H and O–H groups in total. The number of likely N-dealkylation sites (N-methyl/N-ethyl adjacent to an activating group) is 7. The number of nitrogens with one attached hydrogen (secondary N) is 4. The summed E-state index contributed by atoms with van der Waals surface area (Å²) in [5, 5.41) is 23.1. The molecule has 0 radical (unpaired) electrons. The zero-order valence-electron chi connectivity index (χ0n) is 58.0. The highest BCUT2D eigenvalue weighted by atomic mass is 32.1. The van der Waals surface area contributed by atoms with E-state index in [2.05, 4.69) is 33.9 Å². The molecule has 1 heterocycles. The summed E-state index contributed by atoms with van der Waals surface area (Å²) in [6.45, 7) is 27.2. The smallest absolute Gasteiger partial charge is 0.246 e. The Morgan fingerprint density at radius 1 is 0.528 bits per heavy atom. The Morgan fingerprint density at radius 3 is 1.48 bits per heavy atom. The zero-order valence-corrected chi connectivity index (χ0v) is 58.9. The average Bonchev–Trinajstić information content (AvgIpc) is 0.987. The standard InChI is InChI=1S/C64H115N11O13S/c1-24-26-29-41(13)54(77)53-58(81)67-45(25-2)60(83)69(17)35-49(76)73(21)52(44(16)88-30-27-28-31-89)57(80)68-50(39(9)10)63(86)70(18)46(32-36(3)4)56(79)65-42(14)55(78)66-43(15)59(82)71(19)47(33-37(5)6)61(84)72(20)48(34-38(7)8)62(85)74(22)51(40(11)12)64(87)75(53)23/h24,26,36-48,50-54,77,89H,25,27-35H2,1-23H3,(H,65,79)(H,66,78)(H,67,81)(H,68,80)/b26-24+/t41-,42+,43+,44-,45+,46-,47+,48-,50+,51+,52+,53+,54-/m1/s1. The first-order valence-corrected chi connectivity index (χ1v) is 32.5. The Morgan fingerprint density at radius 2 is 1.00 bits per heavy atom. The van der Waals surface area contributed by atoms with E-state index in [9.17, 15) is 48.3 Å². The number of hydrogen-bond acceptors (Lipinski definition) is 14. The van der Waals surface area contributed by atoms with Crippen LogP contribution in [0.3, 0.4) is 0 Å². The zero-order chi connectivity index (χ0) is 68.8. The Labute approximate surface area is 537 Å². The summed E-state index contributed by atoms with van der Waals surface area (Å²) in [5.74, 6) is -9.45. The van der Waals surface area contributed by atoms with Crippen molar-refractivity contribution in [1.82, 2.24) is 55.6 Å². The van der Waals surface area contributed by atoms with Crippen molar-refractivity contribution in [3.05, 3.63) is 12.2 Å². The highest BCUT2D eigenvalue weighted by Gasteiger charge is 2.46.